The third-order valence-electron chi connectivity index (χ3n) is 8.38. The van der Waals surface area contributed by atoms with Crippen LogP contribution < -0.4 is 9.64 Å². The maximum atomic E-state index is 6.37. The van der Waals surface area contributed by atoms with Crippen LogP contribution in [0.5, 0.6) is 5.75 Å². The Hall–Kier alpha value is -2.71. The summed E-state index contributed by atoms with van der Waals surface area (Å²) >= 11 is 1.54. The Labute approximate surface area is 252 Å². The van der Waals surface area contributed by atoms with Crippen LogP contribution in [0.1, 0.15) is 40.5 Å². The van der Waals surface area contributed by atoms with Crippen molar-refractivity contribution in [3.8, 4) is 17.0 Å². The van der Waals surface area contributed by atoms with Gasteiger partial charge >= 0.3 is 0 Å². The van der Waals surface area contributed by atoms with E-state index in [1.807, 2.05) is 6.07 Å². The van der Waals surface area contributed by atoms with Crippen LogP contribution in [0.3, 0.4) is 0 Å². The molecule has 0 bridgehead atoms. The molecule has 0 saturated heterocycles. The third-order valence-corrected chi connectivity index (χ3v) is 13.7. The average Bonchev–Trinajstić information content (AvgIpc) is 3.39. The second-order valence-electron chi connectivity index (χ2n) is 12.2. The van der Waals surface area contributed by atoms with Crippen LogP contribution in [-0.2, 0) is 4.43 Å². The van der Waals surface area contributed by atoms with Crippen molar-refractivity contribution < 1.29 is 9.16 Å². The van der Waals surface area contributed by atoms with Crippen LogP contribution in [-0.4, -0.2) is 57.5 Å². The van der Waals surface area contributed by atoms with Crippen LogP contribution >= 0.6 is 11.5 Å². The molecule has 220 valence electrons. The molecule has 0 fully saturated rings. The van der Waals surface area contributed by atoms with E-state index >= 15 is 0 Å². The van der Waals surface area contributed by atoms with Gasteiger partial charge in [-0.3, -0.25) is 0 Å². The lowest BCUT2D eigenvalue weighted by atomic mass is 10.1. The molecule has 7 heteroatoms. The van der Waals surface area contributed by atoms with Gasteiger partial charge in [0.05, 0.1) is 17.0 Å². The summed E-state index contributed by atoms with van der Waals surface area (Å²) in [5.74, 6) is 0.919. The number of fused-ring (bicyclic) bond motifs is 1. The molecule has 4 aromatic rings. The van der Waals surface area contributed by atoms with E-state index in [2.05, 4.69) is 124 Å². The second kappa shape index (κ2) is 14.0. The molecule has 0 atom stereocenters. The van der Waals surface area contributed by atoms with Gasteiger partial charge in [0.25, 0.3) is 0 Å². The molecule has 0 aliphatic heterocycles. The van der Waals surface area contributed by atoms with Gasteiger partial charge in [-0.25, -0.2) is 0 Å². The summed E-state index contributed by atoms with van der Waals surface area (Å²) in [5.41, 5.74) is 4.48. The predicted octanol–water partition coefficient (Wildman–Crippen LogP) is 9.23. The fourth-order valence-electron chi connectivity index (χ4n) is 4.56. The zero-order valence-electron chi connectivity index (χ0n) is 25.9. The zero-order valence-corrected chi connectivity index (χ0v) is 27.8. The lowest BCUT2D eigenvalue weighted by Crippen LogP contribution is -2.42. The van der Waals surface area contributed by atoms with Gasteiger partial charge in [0.1, 0.15) is 5.75 Å². The maximum absolute atomic E-state index is 6.37. The van der Waals surface area contributed by atoms with Crippen molar-refractivity contribution in [2.24, 2.45) is 0 Å². The number of aromatic nitrogens is 1. The maximum Gasteiger partial charge on any atom is 0.192 e. The Morgan fingerprint density at radius 3 is 2.24 bits per heavy atom. The monoisotopic (exact) mass is 589 g/mol. The minimum absolute atomic E-state index is 0.261. The van der Waals surface area contributed by atoms with Crippen LogP contribution in [0, 0.1) is 0 Å². The topological polar surface area (TPSA) is 37.8 Å². The molecule has 0 saturated carbocycles. The van der Waals surface area contributed by atoms with Crippen LogP contribution in [0.15, 0.2) is 72.8 Å². The number of likely N-dealkylation sites (N-methyl/N-ethyl adjacent to an activating group) is 1. The molecular formula is C34H47N3O2SSi. The molecule has 0 amide bonds. The minimum atomic E-state index is -1.67. The van der Waals surface area contributed by atoms with Gasteiger partial charge in [0.15, 0.2) is 8.32 Å². The van der Waals surface area contributed by atoms with Crippen molar-refractivity contribution in [1.82, 2.24) is 9.27 Å². The SMILES string of the molecule is CCN(CCCCOc1ccc2c(-c3ccc(N(C)c4ccccc4)cc3)nsc2c1)CCO[Si](C)(C)C(C)(C)C. The summed E-state index contributed by atoms with van der Waals surface area (Å²) in [6, 6.07) is 25.4. The summed E-state index contributed by atoms with van der Waals surface area (Å²) in [7, 11) is 0.419. The predicted molar refractivity (Wildman–Crippen MR) is 180 cm³/mol. The lowest BCUT2D eigenvalue weighted by molar-refractivity contribution is 0.197. The van der Waals surface area contributed by atoms with E-state index in [0.717, 1.165) is 73.1 Å². The first kappa shape index (κ1) is 31.2. The zero-order chi connectivity index (χ0) is 29.5. The number of hydrogen-bond acceptors (Lipinski definition) is 6. The molecule has 1 aromatic heterocycles. The van der Waals surface area contributed by atoms with Gasteiger partial charge in [-0.2, -0.15) is 4.37 Å². The standard InChI is InChI=1S/C34H47N3O2SSi/c1-8-37(23-25-39-41(6,7)34(2,3)4)22-12-13-24-38-30-20-21-31-32(26-30)40-35-33(31)27-16-18-29(19-17-27)36(5)28-14-10-9-11-15-28/h9-11,14-21,26H,8,12-13,22-25H2,1-7H3. The van der Waals surface area contributed by atoms with Gasteiger partial charge in [-0.1, -0.05) is 58.0 Å². The third kappa shape index (κ3) is 8.19. The number of ether oxygens (including phenoxy) is 1. The number of para-hydroxylation sites is 1. The minimum Gasteiger partial charge on any atom is -0.494 e. The number of rotatable bonds is 14. The van der Waals surface area contributed by atoms with Gasteiger partial charge in [-0.15, -0.1) is 0 Å². The fourth-order valence-corrected chi connectivity index (χ4v) is 6.42. The van der Waals surface area contributed by atoms with Gasteiger partial charge in [0, 0.05) is 42.5 Å². The molecule has 5 nitrogen and oxygen atoms in total. The van der Waals surface area contributed by atoms with E-state index in [1.54, 1.807) is 0 Å². The van der Waals surface area contributed by atoms with Crippen molar-refractivity contribution in [1.29, 1.82) is 0 Å². The van der Waals surface area contributed by atoms with E-state index in [4.69, 9.17) is 13.5 Å². The van der Waals surface area contributed by atoms with Crippen LogP contribution in [0.25, 0.3) is 21.3 Å². The van der Waals surface area contributed by atoms with Crippen molar-refractivity contribution in [3.63, 3.8) is 0 Å². The van der Waals surface area contributed by atoms with Gasteiger partial charge < -0.3 is 19.0 Å². The van der Waals surface area contributed by atoms with E-state index in [1.165, 1.54) is 22.6 Å². The number of hydrogen-bond donors (Lipinski definition) is 0. The Morgan fingerprint density at radius 1 is 0.854 bits per heavy atom. The molecule has 1 heterocycles. The Kier molecular flexibility index (Phi) is 10.6. The summed E-state index contributed by atoms with van der Waals surface area (Å²) in [4.78, 5) is 4.68. The van der Waals surface area contributed by atoms with Crippen molar-refractivity contribution in [2.45, 2.75) is 58.7 Å². The van der Waals surface area contributed by atoms with Gasteiger partial charge in [0.2, 0.25) is 0 Å². The molecule has 0 N–H and O–H groups in total. The Morgan fingerprint density at radius 2 is 1.56 bits per heavy atom. The summed E-state index contributed by atoms with van der Waals surface area (Å²) in [5, 5.41) is 1.43. The lowest BCUT2D eigenvalue weighted by Gasteiger charge is -2.36. The first-order valence-electron chi connectivity index (χ1n) is 14.9. The van der Waals surface area contributed by atoms with Crippen molar-refractivity contribution in [2.75, 3.05) is 44.8 Å². The highest BCUT2D eigenvalue weighted by molar-refractivity contribution is 7.13. The highest BCUT2D eigenvalue weighted by Crippen LogP contribution is 2.37. The summed E-state index contributed by atoms with van der Waals surface area (Å²) in [6.45, 7) is 18.5. The normalized spacial score (nSPS) is 12.3. The second-order valence-corrected chi connectivity index (χ2v) is 17.8. The fraction of sp³-hybridized carbons (Fsp3) is 0.441. The van der Waals surface area contributed by atoms with Crippen LogP contribution in [0.4, 0.5) is 11.4 Å². The summed E-state index contributed by atoms with van der Waals surface area (Å²) in [6.07, 6.45) is 2.16. The van der Waals surface area contributed by atoms with E-state index < -0.39 is 8.32 Å². The highest BCUT2D eigenvalue weighted by atomic mass is 32.1. The molecule has 0 unspecified atom stereocenters. The van der Waals surface area contributed by atoms with Crippen molar-refractivity contribution >= 4 is 41.3 Å². The Bertz CT molecular complexity index is 1370. The van der Waals surface area contributed by atoms with Crippen molar-refractivity contribution in [3.05, 3.63) is 72.8 Å². The average molecular weight is 590 g/mol. The first-order chi connectivity index (χ1) is 19.6. The molecule has 0 spiro atoms. The number of nitrogens with zero attached hydrogens (tertiary/aromatic N) is 3. The number of unbranched alkanes of at least 4 members (excludes halogenated alkanes) is 1. The van der Waals surface area contributed by atoms with Gasteiger partial charge in [-0.05, 0) is 98.1 Å². The molecule has 3 aromatic carbocycles. The molecule has 0 radical (unpaired) electrons. The first-order valence-corrected chi connectivity index (χ1v) is 18.5. The quantitative estimate of drug-likeness (QED) is 0.108. The highest BCUT2D eigenvalue weighted by Gasteiger charge is 2.36. The molecular weight excluding hydrogens is 543 g/mol. The molecule has 41 heavy (non-hydrogen) atoms. The smallest absolute Gasteiger partial charge is 0.192 e. The molecule has 4 rings (SSSR count). The molecule has 0 aliphatic rings. The van der Waals surface area contributed by atoms with E-state index in [9.17, 15) is 0 Å². The summed E-state index contributed by atoms with van der Waals surface area (Å²) < 4.78 is 18.4. The number of anilines is 2. The van der Waals surface area contributed by atoms with Crippen LogP contribution in [0.2, 0.25) is 18.1 Å². The van der Waals surface area contributed by atoms with E-state index in [0.29, 0.717) is 0 Å². The number of benzene rings is 3. The molecule has 0 aliphatic carbocycles. The largest absolute Gasteiger partial charge is 0.494 e. The Balaban J connectivity index is 1.25. The van der Waals surface area contributed by atoms with E-state index in [-0.39, 0.29) is 5.04 Å².